The molecule has 1 aromatic carbocycles. The van der Waals surface area contributed by atoms with E-state index < -0.39 is 15.9 Å². The Labute approximate surface area is 101 Å². The molecule has 0 radical (unpaired) electrons. The number of methoxy groups -OCH3 is 2. The summed E-state index contributed by atoms with van der Waals surface area (Å²) in [6.07, 6.45) is 0. The van der Waals surface area contributed by atoms with Gasteiger partial charge in [0.2, 0.25) is 0 Å². The Kier molecular flexibility index (Phi) is 4.36. The standard InChI is InChI=1S/C11H17NO4S/c1-8(12)7-17(13,14)9-4-5-10(15-2)11(6-9)16-3/h4-6,8H,7,12H2,1-3H3. The van der Waals surface area contributed by atoms with Gasteiger partial charge in [0.1, 0.15) is 0 Å². The van der Waals surface area contributed by atoms with Gasteiger partial charge < -0.3 is 15.2 Å². The van der Waals surface area contributed by atoms with Gasteiger partial charge in [-0.25, -0.2) is 8.42 Å². The van der Waals surface area contributed by atoms with Crippen molar-refractivity contribution in [2.45, 2.75) is 17.9 Å². The average Bonchev–Trinajstić information content (AvgIpc) is 2.26. The Morgan fingerprint density at radius 1 is 1.24 bits per heavy atom. The highest BCUT2D eigenvalue weighted by molar-refractivity contribution is 7.91. The van der Waals surface area contributed by atoms with E-state index in [-0.39, 0.29) is 10.6 Å². The maximum Gasteiger partial charge on any atom is 0.180 e. The lowest BCUT2D eigenvalue weighted by molar-refractivity contribution is 0.354. The summed E-state index contributed by atoms with van der Waals surface area (Å²) in [5, 5.41) is 0. The molecule has 0 amide bonds. The van der Waals surface area contributed by atoms with Crippen LogP contribution in [0, 0.1) is 0 Å². The van der Waals surface area contributed by atoms with Crippen LogP contribution in [-0.4, -0.2) is 34.4 Å². The third kappa shape index (κ3) is 3.34. The van der Waals surface area contributed by atoms with Gasteiger partial charge in [-0.05, 0) is 19.1 Å². The molecule has 17 heavy (non-hydrogen) atoms. The molecule has 2 N–H and O–H groups in total. The number of benzene rings is 1. The number of ether oxygens (including phenoxy) is 2. The van der Waals surface area contributed by atoms with E-state index in [4.69, 9.17) is 15.2 Å². The van der Waals surface area contributed by atoms with Crippen LogP contribution in [-0.2, 0) is 9.84 Å². The maximum absolute atomic E-state index is 11.9. The molecular weight excluding hydrogens is 242 g/mol. The number of hydrogen-bond acceptors (Lipinski definition) is 5. The first-order chi connectivity index (χ1) is 7.90. The van der Waals surface area contributed by atoms with Crippen molar-refractivity contribution < 1.29 is 17.9 Å². The van der Waals surface area contributed by atoms with Crippen LogP contribution in [0.2, 0.25) is 0 Å². The van der Waals surface area contributed by atoms with Crippen molar-refractivity contribution in [1.29, 1.82) is 0 Å². The SMILES string of the molecule is COc1ccc(S(=O)(=O)CC(C)N)cc1OC. The summed E-state index contributed by atoms with van der Waals surface area (Å²) in [7, 11) is -0.425. The molecule has 6 heteroatoms. The van der Waals surface area contributed by atoms with E-state index in [1.165, 1.54) is 26.4 Å². The van der Waals surface area contributed by atoms with Crippen molar-refractivity contribution in [3.05, 3.63) is 18.2 Å². The van der Waals surface area contributed by atoms with Crippen LogP contribution in [0.3, 0.4) is 0 Å². The van der Waals surface area contributed by atoms with Crippen LogP contribution in [0.15, 0.2) is 23.1 Å². The van der Waals surface area contributed by atoms with Crippen LogP contribution in [0.4, 0.5) is 0 Å². The summed E-state index contributed by atoms with van der Waals surface area (Å²) < 4.78 is 34.0. The zero-order valence-corrected chi connectivity index (χ0v) is 11.0. The van der Waals surface area contributed by atoms with Crippen LogP contribution in [0.5, 0.6) is 11.5 Å². The second kappa shape index (κ2) is 5.37. The predicted molar refractivity (Wildman–Crippen MR) is 65.2 cm³/mol. The first-order valence-electron chi connectivity index (χ1n) is 5.11. The van der Waals surface area contributed by atoms with E-state index in [0.29, 0.717) is 11.5 Å². The molecule has 1 rings (SSSR count). The molecule has 0 fully saturated rings. The summed E-state index contributed by atoms with van der Waals surface area (Å²) in [6.45, 7) is 1.65. The zero-order valence-electron chi connectivity index (χ0n) is 10.1. The molecule has 0 heterocycles. The van der Waals surface area contributed by atoms with Crippen molar-refractivity contribution in [2.75, 3.05) is 20.0 Å². The summed E-state index contributed by atoms with van der Waals surface area (Å²) in [4.78, 5) is 0.187. The van der Waals surface area contributed by atoms with Crippen LogP contribution < -0.4 is 15.2 Å². The van der Waals surface area contributed by atoms with Crippen LogP contribution in [0.25, 0.3) is 0 Å². The molecule has 5 nitrogen and oxygen atoms in total. The molecule has 1 atom stereocenters. The van der Waals surface area contributed by atoms with Gasteiger partial charge in [0.05, 0.1) is 24.9 Å². The predicted octanol–water partition coefficient (Wildman–Crippen LogP) is 0.825. The fraction of sp³-hybridized carbons (Fsp3) is 0.455. The Morgan fingerprint density at radius 2 is 1.82 bits per heavy atom. The van der Waals surface area contributed by atoms with Crippen LogP contribution >= 0.6 is 0 Å². The van der Waals surface area contributed by atoms with E-state index >= 15 is 0 Å². The summed E-state index contributed by atoms with van der Waals surface area (Å²) in [5.41, 5.74) is 5.51. The molecule has 1 unspecified atom stereocenters. The molecule has 1 aromatic rings. The second-order valence-corrected chi connectivity index (χ2v) is 5.81. The third-order valence-electron chi connectivity index (χ3n) is 2.20. The minimum absolute atomic E-state index is 0.0948. The summed E-state index contributed by atoms with van der Waals surface area (Å²) in [6, 6.07) is 4.08. The highest BCUT2D eigenvalue weighted by Crippen LogP contribution is 2.29. The summed E-state index contributed by atoms with van der Waals surface area (Å²) >= 11 is 0. The zero-order chi connectivity index (χ0) is 13.1. The lowest BCUT2D eigenvalue weighted by atomic mass is 10.3. The van der Waals surface area contributed by atoms with Gasteiger partial charge in [0, 0.05) is 12.1 Å². The normalized spacial score (nSPS) is 13.2. The average molecular weight is 259 g/mol. The van der Waals surface area contributed by atoms with E-state index in [1.54, 1.807) is 13.0 Å². The third-order valence-corrected chi connectivity index (χ3v) is 4.13. The van der Waals surface area contributed by atoms with E-state index in [9.17, 15) is 8.42 Å². The first kappa shape index (κ1) is 13.8. The number of sulfone groups is 1. The fourth-order valence-corrected chi connectivity index (χ4v) is 2.90. The lowest BCUT2D eigenvalue weighted by Gasteiger charge is -2.11. The quantitative estimate of drug-likeness (QED) is 0.847. The molecule has 0 saturated carbocycles. The van der Waals surface area contributed by atoms with Gasteiger partial charge >= 0.3 is 0 Å². The van der Waals surface area contributed by atoms with Crippen molar-refractivity contribution in [3.8, 4) is 11.5 Å². The molecule has 0 saturated heterocycles. The van der Waals surface area contributed by atoms with Gasteiger partial charge in [-0.15, -0.1) is 0 Å². The van der Waals surface area contributed by atoms with Crippen molar-refractivity contribution in [3.63, 3.8) is 0 Å². The van der Waals surface area contributed by atoms with Gasteiger partial charge in [-0.3, -0.25) is 0 Å². The molecule has 0 spiro atoms. The topological polar surface area (TPSA) is 78.6 Å². The molecule has 96 valence electrons. The van der Waals surface area contributed by atoms with Gasteiger partial charge in [-0.1, -0.05) is 0 Å². The van der Waals surface area contributed by atoms with Gasteiger partial charge in [0.15, 0.2) is 21.3 Å². The lowest BCUT2D eigenvalue weighted by Crippen LogP contribution is -2.26. The number of nitrogens with two attached hydrogens (primary N) is 1. The molecule has 0 bridgehead atoms. The maximum atomic E-state index is 11.9. The minimum atomic E-state index is -3.38. The van der Waals surface area contributed by atoms with E-state index in [2.05, 4.69) is 0 Å². The minimum Gasteiger partial charge on any atom is -0.493 e. The molecular formula is C11H17NO4S. The van der Waals surface area contributed by atoms with E-state index in [1.807, 2.05) is 0 Å². The molecule has 0 aliphatic carbocycles. The number of hydrogen-bond donors (Lipinski definition) is 1. The monoisotopic (exact) mass is 259 g/mol. The highest BCUT2D eigenvalue weighted by atomic mass is 32.2. The van der Waals surface area contributed by atoms with Gasteiger partial charge in [-0.2, -0.15) is 0 Å². The Morgan fingerprint density at radius 3 is 2.29 bits per heavy atom. The van der Waals surface area contributed by atoms with Crippen LogP contribution in [0.1, 0.15) is 6.92 Å². The molecule has 0 aromatic heterocycles. The van der Waals surface area contributed by atoms with Crippen molar-refractivity contribution in [2.24, 2.45) is 5.73 Å². The summed E-state index contributed by atoms with van der Waals surface area (Å²) in [5.74, 6) is 0.785. The van der Waals surface area contributed by atoms with Crippen molar-refractivity contribution in [1.82, 2.24) is 0 Å². The Balaban J connectivity index is 3.16. The Hall–Kier alpha value is -1.27. The molecule has 0 aliphatic rings. The first-order valence-corrected chi connectivity index (χ1v) is 6.76. The molecule has 0 aliphatic heterocycles. The van der Waals surface area contributed by atoms with Crippen molar-refractivity contribution >= 4 is 9.84 Å². The highest BCUT2D eigenvalue weighted by Gasteiger charge is 2.18. The smallest absolute Gasteiger partial charge is 0.180 e. The largest absolute Gasteiger partial charge is 0.493 e. The second-order valence-electron chi connectivity index (χ2n) is 3.78. The number of rotatable bonds is 5. The Bertz CT molecular complexity index is 482. The van der Waals surface area contributed by atoms with Gasteiger partial charge in [0.25, 0.3) is 0 Å². The van der Waals surface area contributed by atoms with E-state index in [0.717, 1.165) is 0 Å². The fourth-order valence-electron chi connectivity index (χ4n) is 1.45.